The SMILES string of the molecule is COC(=O)N[C@H](C(=O)N1C(c2ncc(-c3ccc4c(c3)Cc3cc(-c5cnc([C@@H]6CC[C@H](C)N6C(=O)[C@@H](NC(=O)OC)C(C)C)[nH]5)ccc3-4)[nH]2)CC[C@@H]1C)C(C)C. The largest absolute Gasteiger partial charge is 0.453 e. The molecule has 0 bridgehead atoms. The number of hydrogen-bond acceptors (Lipinski definition) is 8. The first-order chi connectivity index (χ1) is 27.3. The molecule has 0 radical (unpaired) electrons. The van der Waals surface area contributed by atoms with E-state index in [-0.39, 0.29) is 47.8 Å². The van der Waals surface area contributed by atoms with Crippen molar-refractivity contribution in [1.82, 2.24) is 40.4 Å². The number of rotatable bonds is 10. The Bertz CT molecular complexity index is 2010. The topological polar surface area (TPSA) is 175 Å². The molecule has 4 amide bonds. The number of hydrogen-bond donors (Lipinski definition) is 4. The third-order valence-electron chi connectivity index (χ3n) is 12.0. The minimum Gasteiger partial charge on any atom is -0.453 e. The first kappa shape index (κ1) is 39.6. The van der Waals surface area contributed by atoms with E-state index in [9.17, 15) is 19.2 Å². The van der Waals surface area contributed by atoms with Crippen molar-refractivity contribution in [3.63, 3.8) is 0 Å². The number of alkyl carbamates (subject to hydrolysis) is 2. The molecule has 57 heavy (non-hydrogen) atoms. The Morgan fingerprint density at radius 2 is 1.07 bits per heavy atom. The lowest BCUT2D eigenvalue weighted by Crippen LogP contribution is -2.52. The summed E-state index contributed by atoms with van der Waals surface area (Å²) in [6, 6.07) is 11.1. The van der Waals surface area contributed by atoms with Crippen molar-refractivity contribution in [2.24, 2.45) is 11.8 Å². The molecule has 7 rings (SSSR count). The van der Waals surface area contributed by atoms with Gasteiger partial charge in [-0.05, 0) is 103 Å². The van der Waals surface area contributed by atoms with E-state index in [1.807, 2.05) is 63.7 Å². The van der Waals surface area contributed by atoms with Crippen molar-refractivity contribution in [3.05, 3.63) is 71.6 Å². The van der Waals surface area contributed by atoms with Crippen LogP contribution in [0.25, 0.3) is 33.6 Å². The molecule has 2 aliphatic heterocycles. The molecule has 2 aromatic heterocycles. The molecule has 1 aliphatic carbocycles. The number of aromatic nitrogens is 4. The molecule has 14 heteroatoms. The number of benzene rings is 2. The lowest BCUT2D eigenvalue weighted by atomic mass is 10.0. The van der Waals surface area contributed by atoms with Gasteiger partial charge in [0.15, 0.2) is 0 Å². The van der Waals surface area contributed by atoms with Crippen LogP contribution in [-0.4, -0.2) is 92.1 Å². The molecule has 4 heterocycles. The molecule has 0 spiro atoms. The summed E-state index contributed by atoms with van der Waals surface area (Å²) < 4.78 is 9.60. The minimum atomic E-state index is -0.706. The fraction of sp³-hybridized carbons (Fsp3) is 0.488. The summed E-state index contributed by atoms with van der Waals surface area (Å²) >= 11 is 0. The lowest BCUT2D eigenvalue weighted by Gasteiger charge is -2.32. The van der Waals surface area contributed by atoms with Gasteiger partial charge in [0.1, 0.15) is 23.7 Å². The maximum absolute atomic E-state index is 13.8. The maximum atomic E-state index is 13.8. The Balaban J connectivity index is 1.06. The fourth-order valence-corrected chi connectivity index (χ4v) is 8.82. The normalized spacial score (nSPS) is 21.0. The van der Waals surface area contributed by atoms with Crippen LogP contribution in [0.4, 0.5) is 9.59 Å². The van der Waals surface area contributed by atoms with Gasteiger partial charge in [0, 0.05) is 12.1 Å². The second-order valence-electron chi connectivity index (χ2n) is 16.4. The third kappa shape index (κ3) is 7.61. The second-order valence-corrected chi connectivity index (χ2v) is 16.4. The monoisotopic (exact) mass is 778 g/mol. The summed E-state index contributed by atoms with van der Waals surface area (Å²) in [5.74, 6) is 0.942. The molecule has 3 aliphatic rings. The van der Waals surface area contributed by atoms with E-state index in [0.29, 0.717) is 0 Å². The van der Waals surface area contributed by atoms with Crippen molar-refractivity contribution >= 4 is 24.0 Å². The molecule has 6 atom stereocenters. The van der Waals surface area contributed by atoms with Gasteiger partial charge in [-0.15, -0.1) is 0 Å². The highest BCUT2D eigenvalue weighted by molar-refractivity contribution is 5.88. The number of fused-ring (bicyclic) bond motifs is 3. The van der Waals surface area contributed by atoms with Crippen LogP contribution in [-0.2, 0) is 25.5 Å². The van der Waals surface area contributed by atoms with Crippen molar-refractivity contribution in [2.45, 2.75) is 110 Å². The van der Waals surface area contributed by atoms with Crippen molar-refractivity contribution in [2.75, 3.05) is 14.2 Å². The number of H-pyrrole nitrogens is 2. The first-order valence-electron chi connectivity index (χ1n) is 20.0. The number of amides is 4. The number of methoxy groups -OCH3 is 2. The Morgan fingerprint density at radius 1 is 0.667 bits per heavy atom. The highest BCUT2D eigenvalue weighted by Crippen LogP contribution is 2.42. The number of aromatic amines is 2. The Hall–Kier alpha value is -5.66. The van der Waals surface area contributed by atoms with E-state index in [1.165, 1.54) is 36.5 Å². The van der Waals surface area contributed by atoms with Crippen LogP contribution in [0.1, 0.15) is 102 Å². The number of carbonyl (C=O) groups is 4. The van der Waals surface area contributed by atoms with Gasteiger partial charge in [-0.25, -0.2) is 19.6 Å². The Kier molecular flexibility index (Phi) is 11.2. The first-order valence-corrected chi connectivity index (χ1v) is 20.0. The van der Waals surface area contributed by atoms with Gasteiger partial charge < -0.3 is 39.9 Å². The second kappa shape index (κ2) is 16.1. The van der Waals surface area contributed by atoms with E-state index >= 15 is 0 Å². The number of ether oxygens (including phenoxy) is 2. The predicted molar refractivity (Wildman–Crippen MR) is 215 cm³/mol. The molecule has 2 aromatic carbocycles. The molecule has 4 aromatic rings. The zero-order valence-corrected chi connectivity index (χ0v) is 34.0. The Morgan fingerprint density at radius 3 is 1.44 bits per heavy atom. The lowest BCUT2D eigenvalue weighted by molar-refractivity contribution is -0.138. The molecule has 1 unspecified atom stereocenters. The fourth-order valence-electron chi connectivity index (χ4n) is 8.82. The van der Waals surface area contributed by atoms with Gasteiger partial charge in [0.25, 0.3) is 0 Å². The van der Waals surface area contributed by atoms with Crippen LogP contribution in [0.3, 0.4) is 0 Å². The molecule has 0 saturated carbocycles. The van der Waals surface area contributed by atoms with E-state index in [4.69, 9.17) is 19.4 Å². The van der Waals surface area contributed by atoms with E-state index in [2.05, 4.69) is 57.0 Å². The van der Waals surface area contributed by atoms with Crippen LogP contribution < -0.4 is 10.6 Å². The summed E-state index contributed by atoms with van der Waals surface area (Å²) in [7, 11) is 2.59. The quantitative estimate of drug-likeness (QED) is 0.118. The van der Waals surface area contributed by atoms with Crippen LogP contribution in [0.2, 0.25) is 0 Å². The van der Waals surface area contributed by atoms with Crippen molar-refractivity contribution in [3.8, 4) is 33.6 Å². The third-order valence-corrected chi connectivity index (χ3v) is 12.0. The van der Waals surface area contributed by atoms with E-state index in [0.717, 1.165) is 66.3 Å². The van der Waals surface area contributed by atoms with Crippen molar-refractivity contribution in [1.29, 1.82) is 0 Å². The van der Waals surface area contributed by atoms with Gasteiger partial charge in [0.05, 0.1) is 50.1 Å². The van der Waals surface area contributed by atoms with Crippen LogP contribution in [0, 0.1) is 11.8 Å². The van der Waals surface area contributed by atoms with Gasteiger partial charge in [-0.3, -0.25) is 9.59 Å². The molecule has 14 nitrogen and oxygen atoms in total. The number of carbonyl (C=O) groups excluding carboxylic acids is 4. The molecule has 2 saturated heterocycles. The molecular weight excluding hydrogens is 725 g/mol. The average Bonchev–Trinajstić information content (AvgIpc) is 4.04. The number of likely N-dealkylation sites (tertiary alicyclic amines) is 2. The van der Waals surface area contributed by atoms with Gasteiger partial charge in [-0.1, -0.05) is 52.0 Å². The number of imidazole rings is 2. The molecule has 2 fully saturated rings. The molecule has 4 N–H and O–H groups in total. The van der Waals surface area contributed by atoms with Crippen LogP contribution in [0.5, 0.6) is 0 Å². The Labute approximate surface area is 333 Å². The highest BCUT2D eigenvalue weighted by Gasteiger charge is 2.42. The van der Waals surface area contributed by atoms with Crippen molar-refractivity contribution < 1.29 is 28.7 Å². The summed E-state index contributed by atoms with van der Waals surface area (Å²) in [5.41, 5.74) is 8.61. The predicted octanol–water partition coefficient (Wildman–Crippen LogP) is 6.90. The zero-order valence-electron chi connectivity index (χ0n) is 34.0. The zero-order chi connectivity index (χ0) is 40.7. The summed E-state index contributed by atoms with van der Waals surface area (Å²) in [6.45, 7) is 11.7. The maximum Gasteiger partial charge on any atom is 0.407 e. The number of nitrogens with one attached hydrogen (secondary N) is 4. The van der Waals surface area contributed by atoms with Gasteiger partial charge >= 0.3 is 12.2 Å². The van der Waals surface area contributed by atoms with Crippen LogP contribution in [0.15, 0.2) is 48.8 Å². The van der Waals surface area contributed by atoms with Gasteiger partial charge in [0.2, 0.25) is 11.8 Å². The molecule has 302 valence electrons. The van der Waals surface area contributed by atoms with Crippen LogP contribution >= 0.6 is 0 Å². The minimum absolute atomic E-state index is 0.00175. The molecular formula is C43H54N8O6. The number of nitrogens with zero attached hydrogens (tertiary/aromatic N) is 4. The summed E-state index contributed by atoms with van der Waals surface area (Å²) in [6.07, 6.45) is 6.40. The standard InChI is InChI=1S/C43H54N8O6/c1-22(2)36(48-42(54)56-7)40(52)50-24(5)9-15-34(50)38-44-20-32(46-38)26-11-13-30-28(17-26)19-29-18-27(12-14-31(29)30)33-21-45-39(47-33)35-16-10-25(6)51(35)41(53)37(23(3)4)49-43(55)57-8/h11-14,17-18,20-25,34-37H,9-10,15-16,19H2,1-8H3,(H,44,46)(H,45,47)(H,48,54)(H,49,55)/t24-,25-,34-,35?,36-,37-/m0/s1. The van der Waals surface area contributed by atoms with E-state index in [1.54, 1.807) is 0 Å². The van der Waals surface area contributed by atoms with Gasteiger partial charge in [-0.2, -0.15) is 0 Å². The smallest absolute Gasteiger partial charge is 0.407 e. The van der Waals surface area contributed by atoms with E-state index < -0.39 is 24.3 Å². The summed E-state index contributed by atoms with van der Waals surface area (Å²) in [5, 5.41) is 5.46. The highest BCUT2D eigenvalue weighted by atomic mass is 16.5. The summed E-state index contributed by atoms with van der Waals surface area (Å²) in [4.78, 5) is 72.1. The average molecular weight is 779 g/mol.